The molecular formula is C16H12BrF2NO3. The summed E-state index contributed by atoms with van der Waals surface area (Å²) in [5, 5.41) is 2.36. The Morgan fingerprint density at radius 3 is 2.57 bits per heavy atom. The first-order chi connectivity index (χ1) is 11.0. The Morgan fingerprint density at radius 2 is 1.83 bits per heavy atom. The van der Waals surface area contributed by atoms with Gasteiger partial charge in [0, 0.05) is 10.5 Å². The van der Waals surface area contributed by atoms with Gasteiger partial charge in [0.2, 0.25) is 5.91 Å². The zero-order valence-corrected chi connectivity index (χ0v) is 13.5. The minimum absolute atomic E-state index is 0.0207. The average molecular weight is 384 g/mol. The van der Waals surface area contributed by atoms with E-state index >= 15 is 0 Å². The maximum Gasteiger partial charge on any atom is 0.228 e. The predicted octanol–water partition coefficient (Wildman–Crippen LogP) is 3.68. The smallest absolute Gasteiger partial charge is 0.228 e. The molecule has 1 amide bonds. The Kier molecular flexibility index (Phi) is 4.47. The van der Waals surface area contributed by atoms with Gasteiger partial charge < -0.3 is 14.8 Å². The molecule has 0 saturated carbocycles. The Labute approximate surface area is 139 Å². The molecule has 1 N–H and O–H groups in total. The molecule has 0 atom stereocenters. The van der Waals surface area contributed by atoms with Crippen LogP contribution in [0.2, 0.25) is 0 Å². The van der Waals surface area contributed by atoms with Gasteiger partial charge in [-0.25, -0.2) is 8.78 Å². The molecule has 3 rings (SSSR count). The zero-order chi connectivity index (χ0) is 16.4. The average Bonchev–Trinajstić information content (AvgIpc) is 2.51. The van der Waals surface area contributed by atoms with Crippen LogP contribution in [0.5, 0.6) is 11.5 Å². The monoisotopic (exact) mass is 383 g/mol. The van der Waals surface area contributed by atoms with Crippen LogP contribution < -0.4 is 14.8 Å². The van der Waals surface area contributed by atoms with Crippen molar-refractivity contribution in [2.45, 2.75) is 6.42 Å². The number of nitrogens with one attached hydrogen (secondary N) is 1. The van der Waals surface area contributed by atoms with E-state index in [0.29, 0.717) is 34.7 Å². The van der Waals surface area contributed by atoms with Gasteiger partial charge in [-0.15, -0.1) is 0 Å². The summed E-state index contributed by atoms with van der Waals surface area (Å²) in [6, 6.07) is 6.30. The molecule has 0 bridgehead atoms. The number of fused-ring (bicyclic) bond motifs is 1. The van der Waals surface area contributed by atoms with Crippen LogP contribution >= 0.6 is 15.9 Å². The summed E-state index contributed by atoms with van der Waals surface area (Å²) in [5.41, 5.74) is 0.465. The van der Waals surface area contributed by atoms with Gasteiger partial charge in [-0.1, -0.05) is 15.9 Å². The van der Waals surface area contributed by atoms with E-state index in [4.69, 9.17) is 9.47 Å². The van der Waals surface area contributed by atoms with Crippen LogP contribution in [0.1, 0.15) is 5.56 Å². The first kappa shape index (κ1) is 15.7. The highest BCUT2D eigenvalue weighted by molar-refractivity contribution is 9.10. The molecule has 1 aliphatic rings. The molecule has 23 heavy (non-hydrogen) atoms. The third-order valence-electron chi connectivity index (χ3n) is 3.26. The van der Waals surface area contributed by atoms with Crippen LogP contribution in [-0.2, 0) is 11.2 Å². The van der Waals surface area contributed by atoms with Gasteiger partial charge in [-0.05, 0) is 29.8 Å². The summed E-state index contributed by atoms with van der Waals surface area (Å²) in [4.78, 5) is 12.1. The predicted molar refractivity (Wildman–Crippen MR) is 83.8 cm³/mol. The van der Waals surface area contributed by atoms with Gasteiger partial charge in [0.1, 0.15) is 24.8 Å². The van der Waals surface area contributed by atoms with Crippen molar-refractivity contribution in [2.75, 3.05) is 18.5 Å². The fraction of sp³-hybridized carbons (Fsp3) is 0.188. The minimum Gasteiger partial charge on any atom is -0.486 e. The number of hydrogen-bond donors (Lipinski definition) is 1. The van der Waals surface area contributed by atoms with Crippen LogP contribution in [0, 0.1) is 11.6 Å². The van der Waals surface area contributed by atoms with E-state index in [1.165, 1.54) is 0 Å². The standard InChI is InChI=1S/C16H12BrF2NO3/c17-11-8-15-14(22-3-4-23-15)5-9(11)6-16(21)20-13-7-10(18)1-2-12(13)19/h1-2,5,7-8H,3-4,6H2,(H,20,21). The van der Waals surface area contributed by atoms with Crippen molar-refractivity contribution in [3.63, 3.8) is 0 Å². The molecule has 2 aromatic carbocycles. The highest BCUT2D eigenvalue weighted by Crippen LogP contribution is 2.35. The van der Waals surface area contributed by atoms with Crippen LogP contribution in [-0.4, -0.2) is 19.1 Å². The van der Waals surface area contributed by atoms with E-state index in [1.54, 1.807) is 12.1 Å². The quantitative estimate of drug-likeness (QED) is 0.879. The molecule has 1 aliphatic heterocycles. The minimum atomic E-state index is -0.694. The Bertz CT molecular complexity index is 767. The lowest BCUT2D eigenvalue weighted by Gasteiger charge is -2.19. The second-order valence-corrected chi connectivity index (χ2v) is 5.79. The maximum atomic E-state index is 13.5. The lowest BCUT2D eigenvalue weighted by atomic mass is 10.1. The van der Waals surface area contributed by atoms with Crippen LogP contribution in [0.3, 0.4) is 0 Å². The number of hydrogen-bond acceptors (Lipinski definition) is 3. The van der Waals surface area contributed by atoms with Crippen LogP contribution in [0.25, 0.3) is 0 Å². The van der Waals surface area contributed by atoms with E-state index in [9.17, 15) is 13.6 Å². The molecule has 2 aromatic rings. The molecular weight excluding hydrogens is 372 g/mol. The van der Waals surface area contributed by atoms with Crippen molar-refractivity contribution in [1.29, 1.82) is 0 Å². The zero-order valence-electron chi connectivity index (χ0n) is 11.9. The lowest BCUT2D eigenvalue weighted by Crippen LogP contribution is -2.18. The molecule has 4 nitrogen and oxygen atoms in total. The molecule has 7 heteroatoms. The fourth-order valence-corrected chi connectivity index (χ4v) is 2.66. The van der Waals surface area contributed by atoms with Gasteiger partial charge in [-0.2, -0.15) is 0 Å². The molecule has 0 aliphatic carbocycles. The number of benzene rings is 2. The normalized spacial score (nSPS) is 12.8. The summed E-state index contributed by atoms with van der Waals surface area (Å²) < 4.78 is 38.3. The van der Waals surface area contributed by atoms with Gasteiger partial charge in [-0.3, -0.25) is 4.79 Å². The third kappa shape index (κ3) is 3.61. The van der Waals surface area contributed by atoms with Crippen molar-refractivity contribution in [3.8, 4) is 11.5 Å². The van der Waals surface area contributed by atoms with Gasteiger partial charge in [0.15, 0.2) is 11.5 Å². The summed E-state index contributed by atoms with van der Waals surface area (Å²) >= 11 is 3.37. The van der Waals surface area contributed by atoms with Gasteiger partial charge >= 0.3 is 0 Å². The van der Waals surface area contributed by atoms with Crippen molar-refractivity contribution in [1.82, 2.24) is 0 Å². The lowest BCUT2D eigenvalue weighted by molar-refractivity contribution is -0.115. The maximum absolute atomic E-state index is 13.5. The SMILES string of the molecule is O=C(Cc1cc2c(cc1Br)OCCO2)Nc1cc(F)ccc1F. The first-order valence-electron chi connectivity index (χ1n) is 6.86. The third-order valence-corrected chi connectivity index (χ3v) is 4.00. The number of ether oxygens (including phenoxy) is 2. The van der Waals surface area contributed by atoms with Crippen molar-refractivity contribution >= 4 is 27.5 Å². The molecule has 0 aromatic heterocycles. The number of amides is 1. The number of rotatable bonds is 3. The first-order valence-corrected chi connectivity index (χ1v) is 7.65. The molecule has 0 spiro atoms. The highest BCUT2D eigenvalue weighted by Gasteiger charge is 2.17. The van der Waals surface area contributed by atoms with E-state index in [-0.39, 0.29) is 12.1 Å². The summed E-state index contributed by atoms with van der Waals surface area (Å²) in [6.45, 7) is 0.910. The van der Waals surface area contributed by atoms with Gasteiger partial charge in [0.05, 0.1) is 12.1 Å². The Balaban J connectivity index is 1.76. The van der Waals surface area contributed by atoms with E-state index in [0.717, 1.165) is 18.2 Å². The van der Waals surface area contributed by atoms with Crippen molar-refractivity contribution in [3.05, 3.63) is 52.0 Å². The largest absolute Gasteiger partial charge is 0.486 e. The second kappa shape index (κ2) is 6.54. The van der Waals surface area contributed by atoms with E-state index in [2.05, 4.69) is 21.2 Å². The summed E-state index contributed by atoms with van der Waals surface area (Å²) in [5.74, 6) is -0.627. The van der Waals surface area contributed by atoms with Crippen LogP contribution in [0.4, 0.5) is 14.5 Å². The Morgan fingerprint density at radius 1 is 1.13 bits per heavy atom. The molecule has 120 valence electrons. The van der Waals surface area contributed by atoms with E-state index < -0.39 is 17.5 Å². The molecule has 0 radical (unpaired) electrons. The van der Waals surface area contributed by atoms with Gasteiger partial charge in [0.25, 0.3) is 0 Å². The topological polar surface area (TPSA) is 47.6 Å². The molecule has 0 saturated heterocycles. The molecule has 1 heterocycles. The molecule has 0 fully saturated rings. The van der Waals surface area contributed by atoms with E-state index in [1.807, 2.05) is 0 Å². The Hall–Kier alpha value is -2.15. The van der Waals surface area contributed by atoms with Crippen molar-refractivity contribution in [2.24, 2.45) is 0 Å². The number of carbonyl (C=O) groups excluding carboxylic acids is 1. The van der Waals surface area contributed by atoms with Crippen molar-refractivity contribution < 1.29 is 23.0 Å². The second-order valence-electron chi connectivity index (χ2n) is 4.94. The van der Waals surface area contributed by atoms with Crippen LogP contribution in [0.15, 0.2) is 34.8 Å². The number of halogens is 3. The number of carbonyl (C=O) groups is 1. The highest BCUT2D eigenvalue weighted by atomic mass is 79.9. The molecule has 0 unspecified atom stereocenters. The number of anilines is 1. The fourth-order valence-electron chi connectivity index (χ4n) is 2.20. The summed E-state index contributed by atoms with van der Waals surface area (Å²) in [7, 11) is 0. The summed E-state index contributed by atoms with van der Waals surface area (Å²) in [6.07, 6.45) is -0.0207.